The number of hydrogen-bond donors (Lipinski definition) is 1. The molecule has 0 fully saturated rings. The number of imidazole rings is 1. The van der Waals surface area contributed by atoms with Crippen molar-refractivity contribution in [2.24, 2.45) is 0 Å². The molecule has 1 aromatic carbocycles. The van der Waals surface area contributed by atoms with Crippen molar-refractivity contribution in [1.82, 2.24) is 9.38 Å². The lowest BCUT2D eigenvalue weighted by Crippen LogP contribution is -2.01. The summed E-state index contributed by atoms with van der Waals surface area (Å²) in [6.07, 6.45) is 3.48. The lowest BCUT2D eigenvalue weighted by atomic mass is 10.2. The molecule has 0 amide bonds. The van der Waals surface area contributed by atoms with Crippen LogP contribution >= 0.6 is 11.6 Å². The number of halogens is 1. The van der Waals surface area contributed by atoms with Crippen molar-refractivity contribution >= 4 is 34.6 Å². The molecule has 106 valence electrons. The molecule has 5 nitrogen and oxygen atoms in total. The minimum absolute atomic E-state index is 0.358. The second-order valence-electron chi connectivity index (χ2n) is 4.38. The Labute approximate surface area is 126 Å². The number of carbonyl (C=O) groups is 1. The van der Waals surface area contributed by atoms with E-state index in [0.29, 0.717) is 10.7 Å². The zero-order valence-electron chi connectivity index (χ0n) is 11.2. The first-order valence-electron chi connectivity index (χ1n) is 6.26. The van der Waals surface area contributed by atoms with Crippen molar-refractivity contribution in [2.75, 3.05) is 12.4 Å². The number of nitrogens with one attached hydrogen (secondary N) is 1. The third-order valence-corrected chi connectivity index (χ3v) is 3.39. The number of esters is 1. The molecule has 3 rings (SSSR count). The van der Waals surface area contributed by atoms with Crippen molar-refractivity contribution in [1.29, 1.82) is 0 Å². The van der Waals surface area contributed by atoms with Crippen LogP contribution in [-0.4, -0.2) is 22.5 Å². The van der Waals surface area contributed by atoms with Crippen molar-refractivity contribution in [3.63, 3.8) is 0 Å². The van der Waals surface area contributed by atoms with Gasteiger partial charge in [-0.1, -0.05) is 11.6 Å². The van der Waals surface area contributed by atoms with E-state index in [2.05, 4.69) is 15.0 Å². The van der Waals surface area contributed by atoms with Crippen LogP contribution in [0.1, 0.15) is 10.4 Å². The summed E-state index contributed by atoms with van der Waals surface area (Å²) in [5, 5.41) is 3.84. The molecule has 0 aliphatic heterocycles. The van der Waals surface area contributed by atoms with Crippen LogP contribution in [0.5, 0.6) is 0 Å². The van der Waals surface area contributed by atoms with E-state index in [1.165, 1.54) is 7.11 Å². The van der Waals surface area contributed by atoms with E-state index >= 15 is 0 Å². The molecule has 1 N–H and O–H groups in total. The van der Waals surface area contributed by atoms with Gasteiger partial charge in [0.05, 0.1) is 18.4 Å². The second-order valence-corrected chi connectivity index (χ2v) is 4.77. The Morgan fingerprint density at radius 2 is 2.00 bits per heavy atom. The predicted octanol–water partition coefficient (Wildman–Crippen LogP) is 3.52. The molecule has 0 atom stereocenters. The van der Waals surface area contributed by atoms with Gasteiger partial charge in [-0.25, -0.2) is 9.78 Å². The molecular formula is C15H12ClN3O2. The van der Waals surface area contributed by atoms with Crippen LogP contribution in [0.2, 0.25) is 5.15 Å². The normalized spacial score (nSPS) is 10.6. The number of hydrogen-bond acceptors (Lipinski definition) is 4. The smallest absolute Gasteiger partial charge is 0.337 e. The summed E-state index contributed by atoms with van der Waals surface area (Å²) in [6, 6.07) is 10.7. The Morgan fingerprint density at radius 3 is 2.71 bits per heavy atom. The zero-order valence-corrected chi connectivity index (χ0v) is 12.0. The van der Waals surface area contributed by atoms with Gasteiger partial charge in [0.25, 0.3) is 0 Å². The standard InChI is InChI=1S/C15H12ClN3O2/c1-21-15(20)10-2-4-11(5-3-10)18-12-6-7-13(16)19-9-8-17-14(12)19/h2-9,18H,1H3. The summed E-state index contributed by atoms with van der Waals surface area (Å²) in [5.74, 6) is -0.358. The molecule has 21 heavy (non-hydrogen) atoms. The first-order chi connectivity index (χ1) is 10.2. The maximum absolute atomic E-state index is 11.4. The molecule has 0 aliphatic rings. The average molecular weight is 302 g/mol. The Kier molecular flexibility index (Phi) is 3.50. The number of carbonyl (C=O) groups excluding carboxylic acids is 1. The maximum Gasteiger partial charge on any atom is 0.337 e. The van der Waals surface area contributed by atoms with E-state index in [4.69, 9.17) is 11.6 Å². The average Bonchev–Trinajstić information content (AvgIpc) is 3.01. The third kappa shape index (κ3) is 2.55. The lowest BCUT2D eigenvalue weighted by Gasteiger charge is -2.09. The quantitative estimate of drug-likeness (QED) is 0.594. The van der Waals surface area contributed by atoms with E-state index < -0.39 is 0 Å². The molecule has 6 heteroatoms. The number of ether oxygens (including phenoxy) is 1. The van der Waals surface area contributed by atoms with Crippen LogP contribution in [0.15, 0.2) is 48.8 Å². The molecule has 0 unspecified atom stereocenters. The van der Waals surface area contributed by atoms with Crippen LogP contribution in [0.25, 0.3) is 5.65 Å². The number of fused-ring (bicyclic) bond motifs is 1. The van der Waals surface area contributed by atoms with Crippen LogP contribution in [0.3, 0.4) is 0 Å². The highest BCUT2D eigenvalue weighted by Gasteiger charge is 2.07. The summed E-state index contributed by atoms with van der Waals surface area (Å²) < 4.78 is 6.45. The van der Waals surface area contributed by atoms with Crippen LogP contribution < -0.4 is 5.32 Å². The van der Waals surface area contributed by atoms with E-state index in [1.807, 2.05) is 6.07 Å². The number of anilines is 2. The minimum Gasteiger partial charge on any atom is -0.465 e. The lowest BCUT2D eigenvalue weighted by molar-refractivity contribution is 0.0601. The van der Waals surface area contributed by atoms with Crippen LogP contribution in [0, 0.1) is 0 Å². The van der Waals surface area contributed by atoms with Crippen molar-refractivity contribution in [3.8, 4) is 0 Å². The summed E-state index contributed by atoms with van der Waals surface area (Å²) in [6.45, 7) is 0. The van der Waals surface area contributed by atoms with Crippen molar-refractivity contribution < 1.29 is 9.53 Å². The Bertz CT molecular complexity index is 796. The Morgan fingerprint density at radius 1 is 1.24 bits per heavy atom. The molecule has 0 bridgehead atoms. The van der Waals surface area contributed by atoms with E-state index in [9.17, 15) is 4.79 Å². The van der Waals surface area contributed by atoms with E-state index in [0.717, 1.165) is 17.0 Å². The summed E-state index contributed by atoms with van der Waals surface area (Å²) in [4.78, 5) is 15.7. The minimum atomic E-state index is -0.358. The number of benzene rings is 1. The number of pyridine rings is 1. The fourth-order valence-corrected chi connectivity index (χ4v) is 2.24. The van der Waals surface area contributed by atoms with E-state index in [1.54, 1.807) is 47.1 Å². The highest BCUT2D eigenvalue weighted by molar-refractivity contribution is 6.29. The highest BCUT2D eigenvalue weighted by Crippen LogP contribution is 2.24. The number of nitrogens with zero attached hydrogens (tertiary/aromatic N) is 2. The van der Waals surface area contributed by atoms with Gasteiger partial charge >= 0.3 is 5.97 Å². The molecule has 2 heterocycles. The van der Waals surface area contributed by atoms with Crippen LogP contribution in [0.4, 0.5) is 11.4 Å². The van der Waals surface area contributed by atoms with Gasteiger partial charge in [0.2, 0.25) is 0 Å². The highest BCUT2D eigenvalue weighted by atomic mass is 35.5. The Balaban J connectivity index is 1.90. The maximum atomic E-state index is 11.4. The van der Waals surface area contributed by atoms with Crippen molar-refractivity contribution in [3.05, 3.63) is 59.5 Å². The number of methoxy groups -OCH3 is 1. The molecule has 0 saturated heterocycles. The summed E-state index contributed by atoms with van der Waals surface area (Å²) >= 11 is 6.09. The summed E-state index contributed by atoms with van der Waals surface area (Å²) in [7, 11) is 1.36. The predicted molar refractivity (Wildman–Crippen MR) is 81.3 cm³/mol. The Hall–Kier alpha value is -2.53. The topological polar surface area (TPSA) is 55.6 Å². The van der Waals surface area contributed by atoms with Gasteiger partial charge in [0, 0.05) is 18.1 Å². The number of rotatable bonds is 3. The molecular weight excluding hydrogens is 290 g/mol. The van der Waals surface area contributed by atoms with E-state index in [-0.39, 0.29) is 5.97 Å². The zero-order chi connectivity index (χ0) is 14.8. The summed E-state index contributed by atoms with van der Waals surface area (Å²) in [5.41, 5.74) is 2.91. The molecule has 0 aliphatic carbocycles. The van der Waals surface area contributed by atoms with Gasteiger partial charge in [-0.3, -0.25) is 4.40 Å². The molecule has 0 spiro atoms. The van der Waals surface area contributed by atoms with Crippen molar-refractivity contribution in [2.45, 2.75) is 0 Å². The van der Waals surface area contributed by atoms with Gasteiger partial charge in [-0.05, 0) is 36.4 Å². The van der Waals surface area contributed by atoms with Gasteiger partial charge in [-0.15, -0.1) is 0 Å². The van der Waals surface area contributed by atoms with Gasteiger partial charge in [-0.2, -0.15) is 0 Å². The third-order valence-electron chi connectivity index (χ3n) is 3.08. The second kappa shape index (κ2) is 5.46. The molecule has 0 saturated carbocycles. The van der Waals surface area contributed by atoms with Gasteiger partial charge in [0.15, 0.2) is 5.65 Å². The van der Waals surface area contributed by atoms with Gasteiger partial charge in [0.1, 0.15) is 5.15 Å². The van der Waals surface area contributed by atoms with Crippen LogP contribution in [-0.2, 0) is 4.74 Å². The molecule has 2 aromatic heterocycles. The SMILES string of the molecule is COC(=O)c1ccc(Nc2ccc(Cl)n3ccnc23)cc1. The fraction of sp³-hybridized carbons (Fsp3) is 0.0667. The largest absolute Gasteiger partial charge is 0.465 e. The fourth-order valence-electron chi connectivity index (χ4n) is 2.04. The van der Waals surface area contributed by atoms with Gasteiger partial charge < -0.3 is 10.1 Å². The number of aromatic nitrogens is 2. The molecule has 0 radical (unpaired) electrons. The first kappa shape index (κ1) is 13.5. The first-order valence-corrected chi connectivity index (χ1v) is 6.64. The molecule has 3 aromatic rings. The monoisotopic (exact) mass is 301 g/mol.